The van der Waals surface area contributed by atoms with Crippen molar-refractivity contribution in [2.24, 2.45) is 0 Å². The summed E-state index contributed by atoms with van der Waals surface area (Å²) < 4.78 is 0. The number of nitrogens with one attached hydrogen (secondary N) is 1. The molecule has 0 spiro atoms. The normalized spacial score (nSPS) is 12.5. The SMILES string of the molecule is CC(C)(C)c1ccc(NCc2ccc(C(C)(C)C)s2)cc1. The molecule has 0 saturated carbocycles. The topological polar surface area (TPSA) is 12.0 Å². The van der Waals surface area contributed by atoms with E-state index in [1.165, 1.54) is 21.0 Å². The third kappa shape index (κ3) is 4.34. The summed E-state index contributed by atoms with van der Waals surface area (Å²) in [5.74, 6) is 0. The van der Waals surface area contributed by atoms with Crippen molar-refractivity contribution in [2.45, 2.75) is 58.9 Å². The molecule has 2 aromatic rings. The van der Waals surface area contributed by atoms with Gasteiger partial charge in [-0.15, -0.1) is 11.3 Å². The zero-order valence-electron chi connectivity index (χ0n) is 14.1. The third-order valence-electron chi connectivity index (χ3n) is 3.62. The fraction of sp³-hybridized carbons (Fsp3) is 0.474. The Labute approximate surface area is 133 Å². The number of rotatable bonds is 3. The monoisotopic (exact) mass is 301 g/mol. The quantitative estimate of drug-likeness (QED) is 0.738. The van der Waals surface area contributed by atoms with E-state index >= 15 is 0 Å². The van der Waals surface area contributed by atoms with Crippen LogP contribution < -0.4 is 5.32 Å². The van der Waals surface area contributed by atoms with Crippen LogP contribution >= 0.6 is 11.3 Å². The molecule has 0 fully saturated rings. The van der Waals surface area contributed by atoms with Crippen LogP contribution in [-0.4, -0.2) is 0 Å². The van der Waals surface area contributed by atoms with Crippen molar-refractivity contribution in [3.63, 3.8) is 0 Å². The summed E-state index contributed by atoms with van der Waals surface area (Å²) in [6.07, 6.45) is 0. The van der Waals surface area contributed by atoms with Gasteiger partial charge in [0.1, 0.15) is 0 Å². The second-order valence-corrected chi connectivity index (χ2v) is 8.87. The van der Waals surface area contributed by atoms with E-state index in [4.69, 9.17) is 0 Å². The fourth-order valence-electron chi connectivity index (χ4n) is 2.15. The van der Waals surface area contributed by atoms with Crippen LogP contribution in [0.4, 0.5) is 5.69 Å². The maximum absolute atomic E-state index is 3.51. The maximum Gasteiger partial charge on any atom is 0.0494 e. The molecule has 21 heavy (non-hydrogen) atoms. The number of anilines is 1. The molecule has 0 radical (unpaired) electrons. The van der Waals surface area contributed by atoms with Gasteiger partial charge >= 0.3 is 0 Å². The molecule has 1 aromatic heterocycles. The maximum atomic E-state index is 3.51. The lowest BCUT2D eigenvalue weighted by atomic mass is 9.87. The van der Waals surface area contributed by atoms with Crippen LogP contribution in [0.15, 0.2) is 36.4 Å². The summed E-state index contributed by atoms with van der Waals surface area (Å²) in [7, 11) is 0. The highest BCUT2D eigenvalue weighted by Crippen LogP contribution is 2.30. The van der Waals surface area contributed by atoms with Gasteiger partial charge in [0, 0.05) is 22.0 Å². The van der Waals surface area contributed by atoms with E-state index in [0.29, 0.717) is 0 Å². The van der Waals surface area contributed by atoms with Gasteiger partial charge in [-0.25, -0.2) is 0 Å². The van der Waals surface area contributed by atoms with Gasteiger partial charge in [0.05, 0.1) is 0 Å². The molecule has 0 aliphatic heterocycles. The lowest BCUT2D eigenvalue weighted by Crippen LogP contribution is -2.10. The minimum Gasteiger partial charge on any atom is -0.380 e. The average Bonchev–Trinajstić information content (AvgIpc) is 2.84. The van der Waals surface area contributed by atoms with E-state index in [1.807, 2.05) is 11.3 Å². The Balaban J connectivity index is 1.99. The van der Waals surface area contributed by atoms with E-state index < -0.39 is 0 Å². The molecule has 1 nitrogen and oxygen atoms in total. The van der Waals surface area contributed by atoms with Crippen molar-refractivity contribution in [1.29, 1.82) is 0 Å². The van der Waals surface area contributed by atoms with E-state index in [1.54, 1.807) is 0 Å². The van der Waals surface area contributed by atoms with Crippen molar-refractivity contribution in [3.05, 3.63) is 51.7 Å². The number of benzene rings is 1. The molecule has 1 N–H and O–H groups in total. The molecule has 0 aliphatic rings. The Morgan fingerprint density at radius 3 is 1.90 bits per heavy atom. The molecule has 1 aromatic carbocycles. The molecule has 2 rings (SSSR count). The number of thiophene rings is 1. The van der Waals surface area contributed by atoms with Crippen LogP contribution in [0.3, 0.4) is 0 Å². The van der Waals surface area contributed by atoms with Crippen LogP contribution in [0.5, 0.6) is 0 Å². The van der Waals surface area contributed by atoms with E-state index in [2.05, 4.69) is 83.3 Å². The molecule has 0 atom stereocenters. The zero-order chi connectivity index (χ0) is 15.7. The Morgan fingerprint density at radius 1 is 0.810 bits per heavy atom. The lowest BCUT2D eigenvalue weighted by Gasteiger charge is -2.19. The lowest BCUT2D eigenvalue weighted by molar-refractivity contribution is 0.590. The highest BCUT2D eigenvalue weighted by Gasteiger charge is 2.16. The van der Waals surface area contributed by atoms with Crippen molar-refractivity contribution < 1.29 is 0 Å². The highest BCUT2D eigenvalue weighted by atomic mass is 32.1. The van der Waals surface area contributed by atoms with Crippen molar-refractivity contribution in [1.82, 2.24) is 0 Å². The minimum absolute atomic E-state index is 0.216. The van der Waals surface area contributed by atoms with Gasteiger partial charge in [-0.3, -0.25) is 0 Å². The first kappa shape index (κ1) is 16.1. The molecular weight excluding hydrogens is 274 g/mol. The highest BCUT2D eigenvalue weighted by molar-refractivity contribution is 7.12. The van der Waals surface area contributed by atoms with Gasteiger partial charge in [0.25, 0.3) is 0 Å². The molecular formula is C19H27NS. The molecule has 114 valence electrons. The second kappa shape index (κ2) is 5.84. The first-order chi connectivity index (χ1) is 9.66. The summed E-state index contributed by atoms with van der Waals surface area (Å²) >= 11 is 1.90. The van der Waals surface area contributed by atoms with Crippen LogP contribution in [0.1, 0.15) is 56.9 Å². The van der Waals surface area contributed by atoms with E-state index in [0.717, 1.165) is 6.54 Å². The Hall–Kier alpha value is -1.28. The molecule has 0 saturated heterocycles. The molecule has 1 heterocycles. The molecule has 0 amide bonds. The summed E-state index contributed by atoms with van der Waals surface area (Å²) in [5.41, 5.74) is 3.03. The summed E-state index contributed by atoms with van der Waals surface area (Å²) in [6.45, 7) is 14.4. The average molecular weight is 301 g/mol. The largest absolute Gasteiger partial charge is 0.380 e. The number of hydrogen-bond donors (Lipinski definition) is 1. The van der Waals surface area contributed by atoms with Gasteiger partial charge in [0.15, 0.2) is 0 Å². The standard InChI is InChI=1S/C19H27NS/c1-18(2,3)14-7-9-15(10-8-14)20-13-16-11-12-17(21-16)19(4,5)6/h7-12,20H,13H2,1-6H3. The van der Waals surface area contributed by atoms with Gasteiger partial charge in [0.2, 0.25) is 0 Å². The van der Waals surface area contributed by atoms with Crippen LogP contribution in [0.25, 0.3) is 0 Å². The summed E-state index contributed by atoms with van der Waals surface area (Å²) in [5, 5.41) is 3.51. The molecule has 2 heteroatoms. The van der Waals surface area contributed by atoms with Crippen LogP contribution in [0.2, 0.25) is 0 Å². The zero-order valence-corrected chi connectivity index (χ0v) is 14.9. The van der Waals surface area contributed by atoms with Crippen molar-refractivity contribution >= 4 is 17.0 Å². The van der Waals surface area contributed by atoms with Gasteiger partial charge in [-0.05, 0) is 40.7 Å². The fourth-order valence-corrected chi connectivity index (χ4v) is 3.16. The smallest absolute Gasteiger partial charge is 0.0494 e. The van der Waals surface area contributed by atoms with Crippen molar-refractivity contribution in [3.8, 4) is 0 Å². The summed E-state index contributed by atoms with van der Waals surface area (Å²) in [6, 6.07) is 13.3. The molecule has 0 bridgehead atoms. The van der Waals surface area contributed by atoms with Gasteiger partial charge in [-0.1, -0.05) is 53.7 Å². The molecule has 0 aliphatic carbocycles. The minimum atomic E-state index is 0.216. The van der Waals surface area contributed by atoms with Crippen molar-refractivity contribution in [2.75, 3.05) is 5.32 Å². The van der Waals surface area contributed by atoms with E-state index in [9.17, 15) is 0 Å². The van der Waals surface area contributed by atoms with Gasteiger partial charge in [-0.2, -0.15) is 0 Å². The van der Waals surface area contributed by atoms with Crippen LogP contribution in [-0.2, 0) is 17.4 Å². The second-order valence-electron chi connectivity index (χ2n) is 7.70. The predicted octanol–water partition coefficient (Wildman–Crippen LogP) is 5.96. The van der Waals surface area contributed by atoms with E-state index in [-0.39, 0.29) is 10.8 Å². The van der Waals surface area contributed by atoms with Gasteiger partial charge < -0.3 is 5.32 Å². The molecule has 0 unspecified atom stereocenters. The summed E-state index contributed by atoms with van der Waals surface area (Å²) in [4.78, 5) is 2.84. The first-order valence-corrected chi connectivity index (χ1v) is 8.41. The first-order valence-electron chi connectivity index (χ1n) is 7.60. The van der Waals surface area contributed by atoms with Crippen LogP contribution in [0, 0.1) is 0 Å². The predicted molar refractivity (Wildman–Crippen MR) is 95.5 cm³/mol. The third-order valence-corrected chi connectivity index (χ3v) is 5.13. The Kier molecular flexibility index (Phi) is 4.48. The Morgan fingerprint density at radius 2 is 1.43 bits per heavy atom. The number of hydrogen-bond acceptors (Lipinski definition) is 2. The Bertz CT molecular complexity index is 579.